The van der Waals surface area contributed by atoms with E-state index < -0.39 is 0 Å². The number of hydrogen-bond donors (Lipinski definition) is 1. The standard InChI is InChI=1S/C19H21N3O2/c1-13-4-7-18(22(13)15(3)24)11-20-17-6-5-16-8-9-21(12-14(2)23)19(16)10-17/h4-10,20H,11-12H2,1-3H3. The van der Waals surface area contributed by atoms with E-state index in [-0.39, 0.29) is 11.7 Å². The molecule has 0 saturated heterocycles. The van der Waals surface area contributed by atoms with E-state index in [1.807, 2.05) is 54.1 Å². The summed E-state index contributed by atoms with van der Waals surface area (Å²) in [6, 6.07) is 12.0. The van der Waals surface area contributed by atoms with E-state index in [2.05, 4.69) is 5.32 Å². The zero-order chi connectivity index (χ0) is 17.3. The first-order valence-corrected chi connectivity index (χ1v) is 7.96. The van der Waals surface area contributed by atoms with Gasteiger partial charge < -0.3 is 9.88 Å². The average Bonchev–Trinajstić information content (AvgIpc) is 3.08. The molecule has 0 unspecified atom stereocenters. The van der Waals surface area contributed by atoms with Gasteiger partial charge in [-0.15, -0.1) is 0 Å². The molecule has 2 heterocycles. The van der Waals surface area contributed by atoms with Crippen LogP contribution >= 0.6 is 0 Å². The van der Waals surface area contributed by atoms with Crippen molar-refractivity contribution in [2.75, 3.05) is 5.32 Å². The molecule has 0 aliphatic carbocycles. The Morgan fingerprint density at radius 2 is 1.88 bits per heavy atom. The molecule has 0 spiro atoms. The third-order valence-electron chi connectivity index (χ3n) is 4.11. The summed E-state index contributed by atoms with van der Waals surface area (Å²) in [5.74, 6) is 0.140. The Hall–Kier alpha value is -2.82. The predicted octanol–water partition coefficient (Wildman–Crippen LogP) is 3.61. The molecule has 0 aliphatic rings. The molecule has 0 radical (unpaired) electrons. The lowest BCUT2D eigenvalue weighted by Crippen LogP contribution is -2.14. The van der Waals surface area contributed by atoms with Crippen LogP contribution in [0.4, 0.5) is 5.69 Å². The van der Waals surface area contributed by atoms with Crippen molar-refractivity contribution >= 4 is 28.3 Å². The third-order valence-corrected chi connectivity index (χ3v) is 4.11. The van der Waals surface area contributed by atoms with Gasteiger partial charge in [0.1, 0.15) is 5.78 Å². The van der Waals surface area contributed by atoms with Gasteiger partial charge in [-0.1, -0.05) is 6.07 Å². The molecular weight excluding hydrogens is 302 g/mol. The van der Waals surface area contributed by atoms with Gasteiger partial charge in [0.25, 0.3) is 0 Å². The third kappa shape index (κ3) is 3.11. The Morgan fingerprint density at radius 1 is 1.08 bits per heavy atom. The minimum atomic E-state index is 0.0140. The Bertz CT molecular complexity index is 918. The highest BCUT2D eigenvalue weighted by atomic mass is 16.1. The molecule has 5 heteroatoms. The van der Waals surface area contributed by atoms with Gasteiger partial charge in [-0.05, 0) is 49.6 Å². The zero-order valence-corrected chi connectivity index (χ0v) is 14.2. The minimum absolute atomic E-state index is 0.0140. The lowest BCUT2D eigenvalue weighted by Gasteiger charge is -2.11. The first kappa shape index (κ1) is 16.1. The maximum absolute atomic E-state index is 11.7. The Morgan fingerprint density at radius 3 is 2.58 bits per heavy atom. The van der Waals surface area contributed by atoms with Crippen LogP contribution in [0.2, 0.25) is 0 Å². The van der Waals surface area contributed by atoms with E-state index in [0.717, 1.165) is 28.0 Å². The van der Waals surface area contributed by atoms with E-state index in [9.17, 15) is 9.59 Å². The van der Waals surface area contributed by atoms with Crippen molar-refractivity contribution in [3.8, 4) is 0 Å². The van der Waals surface area contributed by atoms with E-state index >= 15 is 0 Å². The molecule has 124 valence electrons. The van der Waals surface area contributed by atoms with Crippen LogP contribution < -0.4 is 5.32 Å². The van der Waals surface area contributed by atoms with Crippen LogP contribution in [0.1, 0.15) is 30.0 Å². The number of nitrogens with one attached hydrogen (secondary N) is 1. The van der Waals surface area contributed by atoms with Gasteiger partial charge in [0.2, 0.25) is 5.91 Å². The first-order chi connectivity index (χ1) is 11.5. The van der Waals surface area contributed by atoms with Gasteiger partial charge in [0.05, 0.1) is 18.6 Å². The SMILES string of the molecule is CC(=O)Cn1ccc2ccc(NCc3ccc(C)n3C(C)=O)cc21. The van der Waals surface area contributed by atoms with Crippen LogP contribution in [-0.4, -0.2) is 20.8 Å². The lowest BCUT2D eigenvalue weighted by atomic mass is 10.2. The molecule has 2 aromatic heterocycles. The number of nitrogens with zero attached hydrogens (tertiary/aromatic N) is 2. The number of aryl methyl sites for hydroxylation is 1. The summed E-state index contributed by atoms with van der Waals surface area (Å²) in [5, 5.41) is 4.46. The summed E-state index contributed by atoms with van der Waals surface area (Å²) >= 11 is 0. The summed E-state index contributed by atoms with van der Waals surface area (Å²) < 4.78 is 3.66. The molecule has 1 N–H and O–H groups in total. The van der Waals surface area contributed by atoms with Gasteiger partial charge in [0.15, 0.2) is 0 Å². The number of Topliss-reactive ketones (excluding diaryl/α,β-unsaturated/α-hetero) is 1. The number of anilines is 1. The van der Waals surface area contributed by atoms with Gasteiger partial charge in [-0.25, -0.2) is 0 Å². The lowest BCUT2D eigenvalue weighted by molar-refractivity contribution is -0.117. The molecule has 1 aromatic carbocycles. The number of hydrogen-bond acceptors (Lipinski definition) is 3. The first-order valence-electron chi connectivity index (χ1n) is 7.96. The molecule has 0 aliphatic heterocycles. The Labute approximate surface area is 140 Å². The number of aromatic nitrogens is 2. The summed E-state index contributed by atoms with van der Waals surface area (Å²) in [6.45, 7) is 6.01. The molecule has 0 fully saturated rings. The van der Waals surface area contributed by atoms with Crippen LogP contribution in [0.5, 0.6) is 0 Å². The van der Waals surface area contributed by atoms with Gasteiger partial charge >= 0.3 is 0 Å². The van der Waals surface area contributed by atoms with Crippen molar-refractivity contribution in [1.29, 1.82) is 0 Å². The number of carbonyl (C=O) groups excluding carboxylic acids is 2. The number of carbonyl (C=O) groups is 2. The normalized spacial score (nSPS) is 11.0. The summed E-state index contributed by atoms with van der Waals surface area (Å²) in [4.78, 5) is 23.1. The van der Waals surface area contributed by atoms with Crippen molar-refractivity contribution in [1.82, 2.24) is 9.13 Å². The van der Waals surface area contributed by atoms with E-state index in [0.29, 0.717) is 13.1 Å². The summed E-state index contributed by atoms with van der Waals surface area (Å²) in [5.41, 5.74) is 3.84. The van der Waals surface area contributed by atoms with Crippen LogP contribution in [0.3, 0.4) is 0 Å². The summed E-state index contributed by atoms with van der Waals surface area (Å²) in [7, 11) is 0. The van der Waals surface area contributed by atoms with E-state index in [1.54, 1.807) is 18.4 Å². The fraction of sp³-hybridized carbons (Fsp3) is 0.263. The van der Waals surface area contributed by atoms with Crippen LogP contribution in [0.25, 0.3) is 10.9 Å². The molecular formula is C19H21N3O2. The highest BCUT2D eigenvalue weighted by Gasteiger charge is 2.09. The van der Waals surface area contributed by atoms with Gasteiger partial charge in [-0.2, -0.15) is 0 Å². The Balaban J connectivity index is 1.83. The van der Waals surface area contributed by atoms with Crippen molar-refractivity contribution in [3.63, 3.8) is 0 Å². The fourth-order valence-corrected chi connectivity index (χ4v) is 3.05. The van der Waals surface area contributed by atoms with Crippen LogP contribution in [0.15, 0.2) is 42.6 Å². The second-order valence-corrected chi connectivity index (χ2v) is 6.09. The highest BCUT2D eigenvalue weighted by Crippen LogP contribution is 2.21. The van der Waals surface area contributed by atoms with Crippen molar-refractivity contribution < 1.29 is 9.59 Å². The largest absolute Gasteiger partial charge is 0.379 e. The summed E-state index contributed by atoms with van der Waals surface area (Å²) in [6.07, 6.45) is 1.93. The number of benzene rings is 1. The topological polar surface area (TPSA) is 56.0 Å². The molecule has 0 amide bonds. The maximum atomic E-state index is 11.7. The smallest absolute Gasteiger partial charge is 0.227 e. The van der Waals surface area contributed by atoms with Crippen molar-refractivity contribution in [2.45, 2.75) is 33.9 Å². The average molecular weight is 323 g/mol. The van der Waals surface area contributed by atoms with Gasteiger partial charge in [0, 0.05) is 30.2 Å². The number of ketones is 1. The second kappa shape index (κ2) is 6.35. The molecule has 0 atom stereocenters. The Kier molecular flexibility index (Phi) is 4.25. The molecule has 0 saturated carbocycles. The second-order valence-electron chi connectivity index (χ2n) is 6.09. The van der Waals surface area contributed by atoms with Crippen LogP contribution in [-0.2, 0) is 17.9 Å². The quantitative estimate of drug-likeness (QED) is 0.780. The van der Waals surface area contributed by atoms with Gasteiger partial charge in [-0.3, -0.25) is 14.2 Å². The minimum Gasteiger partial charge on any atom is -0.379 e. The number of rotatable bonds is 5. The molecule has 24 heavy (non-hydrogen) atoms. The highest BCUT2D eigenvalue weighted by molar-refractivity contribution is 5.86. The van der Waals surface area contributed by atoms with E-state index in [1.165, 1.54) is 0 Å². The number of fused-ring (bicyclic) bond motifs is 1. The maximum Gasteiger partial charge on any atom is 0.227 e. The van der Waals surface area contributed by atoms with E-state index in [4.69, 9.17) is 0 Å². The molecule has 5 nitrogen and oxygen atoms in total. The monoisotopic (exact) mass is 323 g/mol. The molecule has 0 bridgehead atoms. The van der Waals surface area contributed by atoms with Crippen LogP contribution in [0, 0.1) is 6.92 Å². The molecule has 3 rings (SSSR count). The fourth-order valence-electron chi connectivity index (χ4n) is 3.05. The zero-order valence-electron chi connectivity index (χ0n) is 14.2. The van der Waals surface area contributed by atoms with Crippen molar-refractivity contribution in [3.05, 3.63) is 54.0 Å². The molecule has 3 aromatic rings. The van der Waals surface area contributed by atoms with Crippen molar-refractivity contribution in [2.24, 2.45) is 0 Å². The predicted molar refractivity (Wildman–Crippen MR) is 95.4 cm³/mol.